The number of nitrogens with zero attached hydrogens (tertiary/aromatic N) is 1. The Labute approximate surface area is 287 Å². The molecule has 0 aromatic heterocycles. The summed E-state index contributed by atoms with van der Waals surface area (Å²) in [5.74, 6) is 4.91. The standard InChI is InChI=1S/C36H50N4O9/c1-21(7-14-31-22(2)17-30(25(5)47-31)38-33(42)16-9-23(3)46-26(6)41)8-15-32-35(44)36(20-45-36)19-29(48-32)18-34(43)40-39-24(4)27-10-12-28(49-37)13-11-27/h7-13,15-16,22-23,25,29-32,35,44H,14,17-20,37H2,1-6H3,(H,38,42)(H,40,43)/b15-8+,16-9-,21-7+,39-24+/t22-,23-,25+,29+,30+,31-,32+,35+,36+/m0/s1. The lowest BCUT2D eigenvalue weighted by molar-refractivity contribution is -0.145. The van der Waals surface area contributed by atoms with E-state index >= 15 is 0 Å². The van der Waals surface area contributed by atoms with Gasteiger partial charge in [0.2, 0.25) is 11.8 Å². The molecule has 3 saturated heterocycles. The molecule has 0 saturated carbocycles. The molecule has 3 fully saturated rings. The Bertz CT molecular complexity index is 1440. The molecule has 3 aliphatic heterocycles. The number of amides is 2. The Balaban J connectivity index is 1.26. The maximum Gasteiger partial charge on any atom is 0.303 e. The van der Waals surface area contributed by atoms with Gasteiger partial charge in [0.05, 0.1) is 43.1 Å². The third-order valence-corrected chi connectivity index (χ3v) is 9.09. The van der Waals surface area contributed by atoms with Crippen LogP contribution in [-0.4, -0.2) is 83.5 Å². The number of nitrogens with two attached hydrogens (primary N) is 1. The first kappa shape index (κ1) is 37.9. The van der Waals surface area contributed by atoms with Crippen molar-refractivity contribution in [3.05, 3.63) is 65.8 Å². The van der Waals surface area contributed by atoms with Crippen molar-refractivity contribution < 1.29 is 43.3 Å². The number of hydrazone groups is 1. The summed E-state index contributed by atoms with van der Waals surface area (Å²) in [5, 5.41) is 18.2. The minimum Gasteiger partial charge on any atom is -0.459 e. The molecule has 49 heavy (non-hydrogen) atoms. The van der Waals surface area contributed by atoms with Crippen LogP contribution in [0.4, 0.5) is 0 Å². The summed E-state index contributed by atoms with van der Waals surface area (Å²) < 4.78 is 23.1. The van der Waals surface area contributed by atoms with Gasteiger partial charge in [-0.15, -0.1) is 0 Å². The summed E-state index contributed by atoms with van der Waals surface area (Å²) in [6.07, 6.45) is 7.98. The lowest BCUT2D eigenvalue weighted by atomic mass is 9.87. The van der Waals surface area contributed by atoms with Crippen LogP contribution in [0.15, 0.2) is 65.3 Å². The van der Waals surface area contributed by atoms with Gasteiger partial charge in [-0.1, -0.05) is 30.7 Å². The van der Waals surface area contributed by atoms with Crippen LogP contribution < -0.4 is 21.5 Å². The van der Waals surface area contributed by atoms with E-state index in [0.29, 0.717) is 30.9 Å². The third kappa shape index (κ3) is 11.1. The van der Waals surface area contributed by atoms with Crippen LogP contribution in [-0.2, 0) is 33.3 Å². The number of hydrogen-bond donors (Lipinski definition) is 4. The van der Waals surface area contributed by atoms with Crippen LogP contribution in [0.25, 0.3) is 0 Å². The molecule has 0 aliphatic carbocycles. The van der Waals surface area contributed by atoms with Crippen LogP contribution in [0.1, 0.15) is 72.8 Å². The molecule has 0 radical (unpaired) electrons. The average molecular weight is 683 g/mol. The number of esters is 1. The Hall–Kier alpha value is -3.88. The normalized spacial score (nSPS) is 31.1. The molecule has 0 unspecified atom stereocenters. The second-order valence-electron chi connectivity index (χ2n) is 13.2. The Morgan fingerprint density at radius 2 is 1.86 bits per heavy atom. The topological polar surface area (TPSA) is 183 Å². The SMILES string of the molecule is CC(=O)O[C@@H](C)/C=C\C(=O)N[C@@H]1C[C@H](C)[C@H](C/C=C(C)/C=C/[C@H]2O[C@H](CC(=O)N/N=C(\C)c3ccc(ON)cc3)C[C@@]3(CO3)[C@@H]2O)O[C@@H]1C. The Morgan fingerprint density at radius 3 is 2.51 bits per heavy atom. The molecule has 1 spiro atoms. The number of nitrogens with one attached hydrogen (secondary N) is 2. The molecule has 0 bridgehead atoms. The monoisotopic (exact) mass is 682 g/mol. The molecule has 5 N–H and O–H groups in total. The lowest BCUT2D eigenvalue weighted by Crippen LogP contribution is -2.50. The van der Waals surface area contributed by atoms with Crippen molar-refractivity contribution in [2.24, 2.45) is 16.9 Å². The quantitative estimate of drug-likeness (QED) is 0.0602. The summed E-state index contributed by atoms with van der Waals surface area (Å²) in [7, 11) is 0. The van der Waals surface area contributed by atoms with Crippen molar-refractivity contribution >= 4 is 23.5 Å². The van der Waals surface area contributed by atoms with E-state index in [1.165, 1.54) is 13.0 Å². The van der Waals surface area contributed by atoms with Crippen molar-refractivity contribution in [2.75, 3.05) is 6.61 Å². The zero-order chi connectivity index (χ0) is 35.7. The van der Waals surface area contributed by atoms with Gasteiger partial charge >= 0.3 is 5.97 Å². The maximum atomic E-state index is 12.8. The van der Waals surface area contributed by atoms with E-state index in [-0.39, 0.29) is 42.4 Å². The van der Waals surface area contributed by atoms with Crippen LogP contribution >= 0.6 is 0 Å². The number of hydrogen-bond acceptors (Lipinski definition) is 11. The number of allylic oxidation sites excluding steroid dienone is 2. The number of ether oxygens (including phenoxy) is 4. The van der Waals surface area contributed by atoms with Crippen LogP contribution in [0.2, 0.25) is 0 Å². The highest BCUT2D eigenvalue weighted by Gasteiger charge is 2.58. The van der Waals surface area contributed by atoms with Gasteiger partial charge in [0.25, 0.3) is 0 Å². The smallest absolute Gasteiger partial charge is 0.303 e. The number of rotatable bonds is 13. The molecule has 13 nitrogen and oxygen atoms in total. The van der Waals surface area contributed by atoms with E-state index in [1.807, 2.05) is 26.0 Å². The number of benzene rings is 1. The van der Waals surface area contributed by atoms with Crippen molar-refractivity contribution in [1.29, 1.82) is 0 Å². The minimum absolute atomic E-state index is 0.0285. The fraction of sp³-hybridized carbons (Fsp3) is 0.556. The highest BCUT2D eigenvalue weighted by atomic mass is 16.6. The highest BCUT2D eigenvalue weighted by Crippen LogP contribution is 2.43. The van der Waals surface area contributed by atoms with Crippen LogP contribution in [0.3, 0.4) is 0 Å². The van der Waals surface area contributed by atoms with Crippen LogP contribution in [0.5, 0.6) is 5.75 Å². The number of epoxide rings is 1. The molecule has 1 aromatic carbocycles. The van der Waals surface area contributed by atoms with Crippen molar-refractivity contribution in [2.45, 2.75) is 115 Å². The molecule has 4 rings (SSSR count). The molecule has 13 heteroatoms. The summed E-state index contributed by atoms with van der Waals surface area (Å²) in [4.78, 5) is 41.0. The molecular formula is C36H50N4O9. The van der Waals surface area contributed by atoms with Crippen molar-refractivity contribution in [1.82, 2.24) is 10.7 Å². The predicted molar refractivity (Wildman–Crippen MR) is 182 cm³/mol. The number of aliphatic hydroxyl groups is 1. The summed E-state index contributed by atoms with van der Waals surface area (Å²) in [6.45, 7) is 11.2. The highest BCUT2D eigenvalue weighted by molar-refractivity contribution is 5.99. The number of aliphatic hydroxyl groups excluding tert-OH is 1. The third-order valence-electron chi connectivity index (χ3n) is 9.09. The Morgan fingerprint density at radius 1 is 1.14 bits per heavy atom. The second-order valence-corrected chi connectivity index (χ2v) is 13.2. The zero-order valence-corrected chi connectivity index (χ0v) is 29.1. The van der Waals surface area contributed by atoms with Gasteiger partial charge in [-0.2, -0.15) is 11.0 Å². The summed E-state index contributed by atoms with van der Waals surface area (Å²) in [6, 6.07) is 6.85. The number of carbonyl (C=O) groups excluding carboxylic acids is 3. The van der Waals surface area contributed by atoms with Gasteiger partial charge in [0.1, 0.15) is 29.7 Å². The molecule has 268 valence electrons. The van der Waals surface area contributed by atoms with Gasteiger partial charge in [-0.25, -0.2) is 5.43 Å². The van der Waals surface area contributed by atoms with Gasteiger partial charge in [-0.05, 0) is 82.4 Å². The van der Waals surface area contributed by atoms with E-state index in [0.717, 1.165) is 17.6 Å². The van der Waals surface area contributed by atoms with Gasteiger partial charge in [0.15, 0.2) is 0 Å². The fourth-order valence-corrected chi connectivity index (χ4v) is 6.12. The van der Waals surface area contributed by atoms with Crippen molar-refractivity contribution in [3.8, 4) is 5.75 Å². The largest absolute Gasteiger partial charge is 0.459 e. The van der Waals surface area contributed by atoms with E-state index in [1.54, 1.807) is 44.2 Å². The minimum atomic E-state index is -0.856. The number of carbonyl (C=O) groups is 3. The first-order valence-electron chi connectivity index (χ1n) is 16.7. The van der Waals surface area contributed by atoms with Crippen LogP contribution in [0, 0.1) is 5.92 Å². The predicted octanol–water partition coefficient (Wildman–Crippen LogP) is 3.16. The van der Waals surface area contributed by atoms with Gasteiger partial charge in [-0.3, -0.25) is 14.4 Å². The molecule has 2 amide bonds. The molecular weight excluding hydrogens is 632 g/mol. The molecule has 3 aliphatic rings. The summed E-state index contributed by atoms with van der Waals surface area (Å²) >= 11 is 0. The zero-order valence-electron chi connectivity index (χ0n) is 29.1. The van der Waals surface area contributed by atoms with Gasteiger partial charge < -0.3 is 34.2 Å². The Kier molecular flexibility index (Phi) is 13.3. The van der Waals surface area contributed by atoms with E-state index in [2.05, 4.69) is 33.7 Å². The fourth-order valence-electron chi connectivity index (χ4n) is 6.12. The maximum absolute atomic E-state index is 12.8. The first-order chi connectivity index (χ1) is 23.3. The van der Waals surface area contributed by atoms with E-state index < -0.39 is 36.0 Å². The average Bonchev–Trinajstić information content (AvgIpc) is 3.84. The molecule has 1 aromatic rings. The lowest BCUT2D eigenvalue weighted by Gasteiger charge is -2.39. The second kappa shape index (κ2) is 17.2. The summed E-state index contributed by atoms with van der Waals surface area (Å²) in [5.41, 5.74) is 4.28. The first-order valence-corrected chi connectivity index (χ1v) is 16.7. The van der Waals surface area contributed by atoms with E-state index in [9.17, 15) is 19.5 Å². The van der Waals surface area contributed by atoms with Gasteiger partial charge in [0, 0.05) is 19.4 Å². The van der Waals surface area contributed by atoms with E-state index in [4.69, 9.17) is 24.8 Å². The molecule has 9 atom stereocenters. The van der Waals surface area contributed by atoms with Crippen molar-refractivity contribution in [3.63, 3.8) is 0 Å². The molecule has 3 heterocycles.